The van der Waals surface area contributed by atoms with E-state index in [1.54, 1.807) is 11.3 Å². The Labute approximate surface area is 96.8 Å². The van der Waals surface area contributed by atoms with Crippen LogP contribution >= 0.6 is 23.6 Å². The Hall–Kier alpha value is -0.940. The van der Waals surface area contributed by atoms with E-state index < -0.39 is 0 Å². The largest absolute Gasteiger partial charge is 0.301 e. The van der Waals surface area contributed by atoms with Gasteiger partial charge in [-0.1, -0.05) is 6.07 Å². The van der Waals surface area contributed by atoms with Gasteiger partial charge >= 0.3 is 0 Å². The van der Waals surface area contributed by atoms with Crippen LogP contribution in [0.15, 0.2) is 17.5 Å². The van der Waals surface area contributed by atoms with Crippen molar-refractivity contribution in [2.24, 2.45) is 0 Å². The Morgan fingerprint density at radius 1 is 1.60 bits per heavy atom. The van der Waals surface area contributed by atoms with Crippen LogP contribution in [0.3, 0.4) is 0 Å². The minimum atomic E-state index is 0.603. The third-order valence-electron chi connectivity index (χ3n) is 2.60. The van der Waals surface area contributed by atoms with E-state index in [0.29, 0.717) is 6.04 Å². The fraction of sp³-hybridized carbons (Fsp3) is 0.400. The summed E-state index contributed by atoms with van der Waals surface area (Å²) in [6, 6.07) is 4.81. The number of thiophene rings is 1. The van der Waals surface area contributed by atoms with Crippen molar-refractivity contribution < 1.29 is 0 Å². The fourth-order valence-electron chi connectivity index (χ4n) is 1.74. The molecule has 2 aromatic heterocycles. The van der Waals surface area contributed by atoms with Crippen molar-refractivity contribution in [3.05, 3.63) is 33.0 Å². The molecule has 0 atom stereocenters. The number of rotatable bonds is 3. The van der Waals surface area contributed by atoms with Gasteiger partial charge in [-0.3, -0.25) is 5.10 Å². The van der Waals surface area contributed by atoms with Gasteiger partial charge in [0.25, 0.3) is 0 Å². The second-order valence-corrected chi connectivity index (χ2v) is 5.22. The molecule has 2 aromatic rings. The highest BCUT2D eigenvalue weighted by molar-refractivity contribution is 7.71. The smallest absolute Gasteiger partial charge is 0.195 e. The van der Waals surface area contributed by atoms with E-state index in [-0.39, 0.29) is 0 Å². The Bertz CT molecular complexity index is 505. The van der Waals surface area contributed by atoms with E-state index in [1.165, 1.54) is 17.7 Å². The number of nitrogens with zero attached hydrogens (tertiary/aromatic N) is 2. The average molecular weight is 237 g/mol. The molecular formula is C10H11N3S2. The first-order valence-electron chi connectivity index (χ1n) is 5.03. The first-order valence-corrected chi connectivity index (χ1v) is 6.31. The predicted molar refractivity (Wildman–Crippen MR) is 62.8 cm³/mol. The van der Waals surface area contributed by atoms with Crippen LogP contribution in [-0.4, -0.2) is 14.8 Å². The number of aromatic nitrogens is 3. The summed E-state index contributed by atoms with van der Waals surface area (Å²) in [5, 5.41) is 9.29. The summed E-state index contributed by atoms with van der Waals surface area (Å²) in [4.78, 5) is 1.34. The molecule has 1 aliphatic carbocycles. The van der Waals surface area contributed by atoms with Crippen LogP contribution in [0.5, 0.6) is 0 Å². The molecule has 5 heteroatoms. The van der Waals surface area contributed by atoms with E-state index in [9.17, 15) is 0 Å². The molecule has 1 aliphatic rings. The van der Waals surface area contributed by atoms with Crippen molar-refractivity contribution in [2.45, 2.75) is 25.3 Å². The van der Waals surface area contributed by atoms with Crippen molar-refractivity contribution in [3.63, 3.8) is 0 Å². The molecule has 0 bridgehead atoms. The van der Waals surface area contributed by atoms with Crippen LogP contribution < -0.4 is 0 Å². The number of nitrogens with one attached hydrogen (secondary N) is 1. The van der Waals surface area contributed by atoms with Crippen LogP contribution in [0.2, 0.25) is 0 Å². The zero-order valence-corrected chi connectivity index (χ0v) is 9.77. The molecule has 1 saturated carbocycles. The monoisotopic (exact) mass is 237 g/mol. The van der Waals surface area contributed by atoms with E-state index in [2.05, 4.69) is 32.3 Å². The average Bonchev–Trinajstić information content (AvgIpc) is 2.80. The molecule has 0 aromatic carbocycles. The molecular weight excluding hydrogens is 226 g/mol. The Morgan fingerprint density at radius 2 is 2.47 bits per heavy atom. The Balaban J connectivity index is 1.94. The van der Waals surface area contributed by atoms with Crippen LogP contribution in [0.4, 0.5) is 0 Å². The zero-order valence-electron chi connectivity index (χ0n) is 8.14. The molecule has 1 N–H and O–H groups in total. The lowest BCUT2D eigenvalue weighted by atomic mass is 10.3. The lowest BCUT2D eigenvalue weighted by Gasteiger charge is -2.02. The van der Waals surface area contributed by atoms with E-state index >= 15 is 0 Å². The highest BCUT2D eigenvalue weighted by atomic mass is 32.1. The zero-order chi connectivity index (χ0) is 10.3. The first-order chi connectivity index (χ1) is 7.34. The maximum absolute atomic E-state index is 5.23. The molecule has 3 nitrogen and oxygen atoms in total. The van der Waals surface area contributed by atoms with Gasteiger partial charge in [-0.15, -0.1) is 11.3 Å². The molecule has 0 amide bonds. The quantitative estimate of drug-likeness (QED) is 0.833. The van der Waals surface area contributed by atoms with Gasteiger partial charge in [0.05, 0.1) is 0 Å². The Morgan fingerprint density at radius 3 is 3.13 bits per heavy atom. The molecule has 0 aliphatic heterocycles. The van der Waals surface area contributed by atoms with Gasteiger partial charge < -0.3 is 4.57 Å². The molecule has 78 valence electrons. The topological polar surface area (TPSA) is 33.6 Å². The summed E-state index contributed by atoms with van der Waals surface area (Å²) in [5.74, 6) is 1.07. The molecule has 0 radical (unpaired) electrons. The maximum atomic E-state index is 5.23. The second-order valence-electron chi connectivity index (χ2n) is 3.80. The fourth-order valence-corrected chi connectivity index (χ4v) is 2.74. The van der Waals surface area contributed by atoms with Crippen LogP contribution in [0, 0.1) is 4.77 Å². The highest BCUT2D eigenvalue weighted by Gasteiger charge is 2.27. The van der Waals surface area contributed by atoms with Crippen molar-refractivity contribution in [2.75, 3.05) is 0 Å². The van der Waals surface area contributed by atoms with Crippen molar-refractivity contribution in [1.29, 1.82) is 0 Å². The summed E-state index contributed by atoms with van der Waals surface area (Å²) in [6.45, 7) is 0. The van der Waals surface area contributed by atoms with Crippen LogP contribution in [0.1, 0.15) is 29.6 Å². The van der Waals surface area contributed by atoms with Crippen LogP contribution in [-0.2, 0) is 6.42 Å². The lowest BCUT2D eigenvalue weighted by molar-refractivity contribution is 0.687. The van der Waals surface area contributed by atoms with E-state index in [1.807, 2.05) is 0 Å². The van der Waals surface area contributed by atoms with Gasteiger partial charge in [0.15, 0.2) is 4.77 Å². The number of H-pyrrole nitrogens is 1. The number of hydrogen-bond donors (Lipinski definition) is 1. The molecule has 15 heavy (non-hydrogen) atoms. The number of hydrogen-bond acceptors (Lipinski definition) is 3. The van der Waals surface area contributed by atoms with Crippen molar-refractivity contribution in [3.8, 4) is 0 Å². The Kier molecular flexibility index (Phi) is 2.21. The van der Waals surface area contributed by atoms with Gasteiger partial charge in [0, 0.05) is 17.3 Å². The molecule has 3 rings (SSSR count). The normalized spacial score (nSPS) is 15.7. The highest BCUT2D eigenvalue weighted by Crippen LogP contribution is 2.36. The predicted octanol–water partition coefficient (Wildman–Crippen LogP) is 2.93. The van der Waals surface area contributed by atoms with E-state index in [0.717, 1.165) is 17.0 Å². The lowest BCUT2D eigenvalue weighted by Crippen LogP contribution is -2.01. The van der Waals surface area contributed by atoms with Crippen LogP contribution in [0.25, 0.3) is 0 Å². The number of aromatic amines is 1. The first kappa shape index (κ1) is 9.30. The summed E-state index contributed by atoms with van der Waals surface area (Å²) < 4.78 is 2.94. The molecule has 0 spiro atoms. The second kappa shape index (κ2) is 3.57. The maximum Gasteiger partial charge on any atom is 0.195 e. The third-order valence-corrected chi connectivity index (χ3v) is 3.77. The van der Waals surface area contributed by atoms with Gasteiger partial charge in [-0.2, -0.15) is 5.10 Å². The SMILES string of the molecule is S=c1[nH]nc(Cc2cccs2)n1C1CC1. The van der Waals surface area contributed by atoms with Crippen molar-refractivity contribution in [1.82, 2.24) is 14.8 Å². The van der Waals surface area contributed by atoms with E-state index in [4.69, 9.17) is 12.2 Å². The minimum Gasteiger partial charge on any atom is -0.301 e. The standard InChI is InChI=1S/C10H11N3S2/c14-10-12-11-9(13(10)7-3-4-7)6-8-2-1-5-15-8/h1-2,5,7H,3-4,6H2,(H,12,14). The minimum absolute atomic E-state index is 0.603. The summed E-state index contributed by atoms with van der Waals surface area (Å²) in [5.41, 5.74) is 0. The molecule has 0 saturated heterocycles. The third kappa shape index (κ3) is 1.77. The molecule has 1 fully saturated rings. The van der Waals surface area contributed by atoms with Gasteiger partial charge in [0.1, 0.15) is 5.82 Å². The molecule has 0 unspecified atom stereocenters. The van der Waals surface area contributed by atoms with Gasteiger partial charge in [-0.05, 0) is 36.5 Å². The summed E-state index contributed by atoms with van der Waals surface area (Å²) in [6.07, 6.45) is 3.37. The van der Waals surface area contributed by atoms with Gasteiger partial charge in [0.2, 0.25) is 0 Å². The van der Waals surface area contributed by atoms with Gasteiger partial charge in [-0.25, -0.2) is 0 Å². The summed E-state index contributed by atoms with van der Waals surface area (Å²) >= 11 is 7.00. The van der Waals surface area contributed by atoms with Crippen molar-refractivity contribution >= 4 is 23.6 Å². The molecule has 2 heterocycles. The summed E-state index contributed by atoms with van der Waals surface area (Å²) in [7, 11) is 0.